The van der Waals surface area contributed by atoms with Crippen LogP contribution in [0, 0.1) is 18.3 Å². The summed E-state index contributed by atoms with van der Waals surface area (Å²) in [6.45, 7) is 7.06. The smallest absolute Gasteiger partial charge is 0.337 e. The number of aromatic carboxylic acids is 1. The van der Waals surface area contributed by atoms with E-state index in [1.165, 1.54) is 6.07 Å². The summed E-state index contributed by atoms with van der Waals surface area (Å²) < 4.78 is 5.22. The molecule has 0 amide bonds. The van der Waals surface area contributed by atoms with E-state index in [-0.39, 0.29) is 23.4 Å². The highest BCUT2D eigenvalue weighted by atomic mass is 35.5. The summed E-state index contributed by atoms with van der Waals surface area (Å²) in [6.07, 6.45) is 0.275. The second-order valence-corrected chi connectivity index (χ2v) is 6.65. The molecular formula is C17H20ClNO4. The highest BCUT2D eigenvalue weighted by molar-refractivity contribution is 6.34. The van der Waals surface area contributed by atoms with Gasteiger partial charge in [-0.15, -0.1) is 0 Å². The molecular weight excluding hydrogens is 318 g/mol. The molecule has 0 spiro atoms. The maximum atomic E-state index is 11.8. The van der Waals surface area contributed by atoms with Crippen LogP contribution in [-0.4, -0.2) is 22.6 Å². The van der Waals surface area contributed by atoms with Gasteiger partial charge in [0.05, 0.1) is 22.6 Å². The molecule has 0 saturated carbocycles. The van der Waals surface area contributed by atoms with Crippen LogP contribution in [0.1, 0.15) is 61.0 Å². The highest BCUT2D eigenvalue weighted by Crippen LogP contribution is 2.33. The third-order valence-corrected chi connectivity index (χ3v) is 3.60. The Morgan fingerprint density at radius 1 is 1.39 bits per heavy atom. The molecule has 6 heteroatoms. The highest BCUT2D eigenvalue weighted by Gasteiger charge is 2.23. The largest absolute Gasteiger partial charge is 0.478 e. The zero-order valence-electron chi connectivity index (χ0n) is 13.6. The standard InChI is InChI=1S/C17H20ClNO4/c1-10-5-7-12(16(21)22)15(18)14(10)11(9-19)6-8-13(20)23-17(2,3)4/h5,7,11H,6,8H2,1-4H3,(H,21,22). The first-order valence-corrected chi connectivity index (χ1v) is 7.58. The lowest BCUT2D eigenvalue weighted by atomic mass is 9.90. The number of carbonyl (C=O) groups excluding carboxylic acids is 1. The van der Waals surface area contributed by atoms with Crippen LogP contribution in [0.4, 0.5) is 0 Å². The maximum absolute atomic E-state index is 11.8. The van der Waals surface area contributed by atoms with Crippen molar-refractivity contribution in [3.05, 3.63) is 33.8 Å². The Balaban J connectivity index is 3.00. The fraction of sp³-hybridized carbons (Fsp3) is 0.471. The molecule has 0 aliphatic heterocycles. The normalized spacial score (nSPS) is 12.3. The predicted molar refractivity (Wildman–Crippen MR) is 86.6 cm³/mol. The van der Waals surface area contributed by atoms with Crippen molar-refractivity contribution >= 4 is 23.5 Å². The summed E-state index contributed by atoms with van der Waals surface area (Å²) in [7, 11) is 0. The number of nitrogens with zero attached hydrogens (tertiary/aromatic N) is 1. The number of carbonyl (C=O) groups is 2. The summed E-state index contributed by atoms with van der Waals surface area (Å²) >= 11 is 6.16. The number of esters is 1. The van der Waals surface area contributed by atoms with E-state index in [1.807, 2.05) is 0 Å². The van der Waals surface area contributed by atoms with Crippen LogP contribution in [0.2, 0.25) is 5.02 Å². The van der Waals surface area contributed by atoms with Crippen molar-refractivity contribution in [1.82, 2.24) is 0 Å². The fourth-order valence-corrected chi connectivity index (χ4v) is 2.64. The number of carboxylic acid groups (broad SMARTS) is 1. The van der Waals surface area contributed by atoms with E-state index in [0.29, 0.717) is 5.56 Å². The van der Waals surface area contributed by atoms with Gasteiger partial charge in [-0.25, -0.2) is 4.79 Å². The average Bonchev–Trinajstić information content (AvgIpc) is 2.39. The summed E-state index contributed by atoms with van der Waals surface area (Å²) in [5.74, 6) is -2.23. The average molecular weight is 338 g/mol. The van der Waals surface area contributed by atoms with Crippen molar-refractivity contribution in [2.45, 2.75) is 52.1 Å². The zero-order valence-corrected chi connectivity index (χ0v) is 14.4. The van der Waals surface area contributed by atoms with Gasteiger partial charge < -0.3 is 9.84 Å². The van der Waals surface area contributed by atoms with Crippen molar-refractivity contribution in [2.24, 2.45) is 0 Å². The second-order valence-electron chi connectivity index (χ2n) is 6.27. The van der Waals surface area contributed by atoms with Crippen LogP contribution in [-0.2, 0) is 9.53 Å². The molecule has 0 saturated heterocycles. The third-order valence-electron chi connectivity index (χ3n) is 3.19. The van der Waals surface area contributed by atoms with Gasteiger partial charge in [-0.2, -0.15) is 5.26 Å². The van der Waals surface area contributed by atoms with Crippen LogP contribution < -0.4 is 0 Å². The first kappa shape index (κ1) is 19.0. The zero-order chi connectivity index (χ0) is 17.8. The molecule has 1 atom stereocenters. The van der Waals surface area contributed by atoms with Gasteiger partial charge in [0.15, 0.2) is 0 Å². The molecule has 23 heavy (non-hydrogen) atoms. The van der Waals surface area contributed by atoms with E-state index < -0.39 is 23.5 Å². The summed E-state index contributed by atoms with van der Waals surface area (Å²) in [5, 5.41) is 18.6. The molecule has 0 bridgehead atoms. The number of rotatable bonds is 5. The van der Waals surface area contributed by atoms with Crippen molar-refractivity contribution in [3.8, 4) is 6.07 Å². The first-order valence-electron chi connectivity index (χ1n) is 7.20. The number of aryl methyl sites for hydroxylation is 1. The molecule has 1 aromatic rings. The van der Waals surface area contributed by atoms with Gasteiger partial charge >= 0.3 is 11.9 Å². The van der Waals surface area contributed by atoms with Crippen LogP contribution in [0.25, 0.3) is 0 Å². The molecule has 5 nitrogen and oxygen atoms in total. The van der Waals surface area contributed by atoms with Crippen molar-refractivity contribution in [3.63, 3.8) is 0 Å². The summed E-state index contributed by atoms with van der Waals surface area (Å²) in [6, 6.07) is 5.12. The number of hydrogen-bond acceptors (Lipinski definition) is 4. The molecule has 1 aromatic carbocycles. The van der Waals surface area contributed by atoms with E-state index in [2.05, 4.69) is 6.07 Å². The molecule has 0 radical (unpaired) electrons. The molecule has 0 aliphatic rings. The van der Waals surface area contributed by atoms with E-state index >= 15 is 0 Å². The van der Waals surface area contributed by atoms with Crippen LogP contribution in [0.3, 0.4) is 0 Å². The molecule has 0 aliphatic carbocycles. The van der Waals surface area contributed by atoms with Gasteiger partial charge in [-0.1, -0.05) is 17.7 Å². The SMILES string of the molecule is Cc1ccc(C(=O)O)c(Cl)c1C(C#N)CCC(=O)OC(C)(C)C. The topological polar surface area (TPSA) is 87.4 Å². The molecule has 0 heterocycles. The van der Waals surface area contributed by atoms with Gasteiger partial charge in [-0.05, 0) is 51.3 Å². The lowest BCUT2D eigenvalue weighted by molar-refractivity contribution is -0.154. The number of halogens is 1. The van der Waals surface area contributed by atoms with E-state index in [9.17, 15) is 14.9 Å². The lowest BCUT2D eigenvalue weighted by Gasteiger charge is -2.20. The molecule has 124 valence electrons. The molecule has 1 unspecified atom stereocenters. The summed E-state index contributed by atoms with van der Waals surface area (Å²) in [4.78, 5) is 23.0. The maximum Gasteiger partial charge on any atom is 0.337 e. The molecule has 0 aromatic heterocycles. The Morgan fingerprint density at radius 3 is 2.48 bits per heavy atom. The minimum Gasteiger partial charge on any atom is -0.478 e. The monoisotopic (exact) mass is 337 g/mol. The lowest BCUT2D eigenvalue weighted by Crippen LogP contribution is -2.24. The Kier molecular flexibility index (Phi) is 6.17. The van der Waals surface area contributed by atoms with Gasteiger partial charge in [0.1, 0.15) is 5.60 Å². The van der Waals surface area contributed by atoms with Crippen molar-refractivity contribution in [2.75, 3.05) is 0 Å². The second kappa shape index (κ2) is 7.47. The fourth-order valence-electron chi connectivity index (χ4n) is 2.21. The van der Waals surface area contributed by atoms with Crippen molar-refractivity contribution in [1.29, 1.82) is 5.26 Å². The van der Waals surface area contributed by atoms with Gasteiger partial charge in [0.25, 0.3) is 0 Å². The number of benzene rings is 1. The van der Waals surface area contributed by atoms with Crippen LogP contribution in [0.15, 0.2) is 12.1 Å². The van der Waals surface area contributed by atoms with Crippen LogP contribution in [0.5, 0.6) is 0 Å². The minimum absolute atomic E-state index is 0.0493. The van der Waals surface area contributed by atoms with E-state index in [1.54, 1.807) is 33.8 Å². The van der Waals surface area contributed by atoms with Gasteiger partial charge in [0, 0.05) is 6.42 Å². The molecule has 1 rings (SSSR count). The predicted octanol–water partition coefficient (Wildman–Crippen LogP) is 4.08. The number of carboxylic acids is 1. The molecule has 1 N–H and O–H groups in total. The summed E-state index contributed by atoms with van der Waals surface area (Å²) in [5.41, 5.74) is 0.536. The minimum atomic E-state index is -1.15. The number of ether oxygens (including phenoxy) is 1. The third kappa shape index (κ3) is 5.26. The van der Waals surface area contributed by atoms with Gasteiger partial charge in [-0.3, -0.25) is 4.79 Å². The Labute approximate surface area is 140 Å². The van der Waals surface area contributed by atoms with Crippen LogP contribution >= 0.6 is 11.6 Å². The molecule has 0 fully saturated rings. The quantitative estimate of drug-likeness (QED) is 0.818. The Bertz CT molecular complexity index is 656. The van der Waals surface area contributed by atoms with E-state index in [0.717, 1.165) is 5.56 Å². The Morgan fingerprint density at radius 2 is 2.00 bits per heavy atom. The number of nitriles is 1. The van der Waals surface area contributed by atoms with Crippen molar-refractivity contribution < 1.29 is 19.4 Å². The Hall–Kier alpha value is -2.06. The number of hydrogen-bond donors (Lipinski definition) is 1. The first-order chi connectivity index (χ1) is 10.6. The van der Waals surface area contributed by atoms with Gasteiger partial charge in [0.2, 0.25) is 0 Å². The van der Waals surface area contributed by atoms with E-state index in [4.69, 9.17) is 21.4 Å².